The first-order valence-electron chi connectivity index (χ1n) is 16.6. The first-order valence-corrected chi connectivity index (χ1v) is 18.3. The molecule has 242 valence electrons. The molecular formula is C44H30F2N2S2. The van der Waals surface area contributed by atoms with Gasteiger partial charge in [0.1, 0.15) is 11.6 Å². The van der Waals surface area contributed by atoms with Gasteiger partial charge in [0.2, 0.25) is 0 Å². The number of rotatable bonds is 5. The molecule has 0 saturated carbocycles. The Hall–Kier alpha value is -5.30. The Morgan fingerprint density at radius 1 is 0.420 bits per heavy atom. The van der Waals surface area contributed by atoms with Gasteiger partial charge in [0.25, 0.3) is 0 Å². The Balaban J connectivity index is 1.48. The van der Waals surface area contributed by atoms with Crippen molar-refractivity contribution in [1.82, 2.24) is 0 Å². The summed E-state index contributed by atoms with van der Waals surface area (Å²) in [5.41, 5.74) is 9.13. The highest BCUT2D eigenvalue weighted by Gasteiger charge is 2.35. The molecule has 0 fully saturated rings. The first kappa shape index (κ1) is 30.7. The van der Waals surface area contributed by atoms with E-state index in [4.69, 9.17) is 0 Å². The van der Waals surface area contributed by atoms with Crippen LogP contribution in [0.4, 0.5) is 42.9 Å². The zero-order chi connectivity index (χ0) is 33.8. The number of hydrogen-bond donors (Lipinski definition) is 0. The molecule has 0 amide bonds. The molecule has 0 N–H and O–H groups in total. The van der Waals surface area contributed by atoms with Crippen LogP contribution in [-0.2, 0) is 6.42 Å². The Kier molecular flexibility index (Phi) is 7.71. The maximum absolute atomic E-state index is 16.2. The number of fused-ring (bicyclic) bond motifs is 4. The first-order chi connectivity index (χ1) is 24.6. The van der Waals surface area contributed by atoms with Gasteiger partial charge in [-0.2, -0.15) is 0 Å². The van der Waals surface area contributed by atoms with Gasteiger partial charge >= 0.3 is 0 Å². The third kappa shape index (κ3) is 4.93. The second kappa shape index (κ2) is 12.5. The van der Waals surface area contributed by atoms with Gasteiger partial charge in [-0.1, -0.05) is 115 Å². The second-order valence-corrected chi connectivity index (χ2v) is 14.4. The van der Waals surface area contributed by atoms with E-state index in [-0.39, 0.29) is 11.6 Å². The van der Waals surface area contributed by atoms with Crippen LogP contribution in [0.15, 0.2) is 171 Å². The Morgan fingerprint density at radius 2 is 0.740 bits per heavy atom. The summed E-state index contributed by atoms with van der Waals surface area (Å²) in [5.74, 6) is -0.665. The molecule has 0 atom stereocenters. The average molecular weight is 689 g/mol. The third-order valence-electron chi connectivity index (χ3n) is 9.36. The summed E-state index contributed by atoms with van der Waals surface area (Å²) in [7, 11) is 0. The Labute approximate surface area is 299 Å². The second-order valence-electron chi connectivity index (χ2n) is 12.2. The van der Waals surface area contributed by atoms with Gasteiger partial charge in [-0.3, -0.25) is 0 Å². The fourth-order valence-corrected chi connectivity index (χ4v) is 9.34. The van der Waals surface area contributed by atoms with Crippen molar-refractivity contribution in [2.24, 2.45) is 0 Å². The van der Waals surface area contributed by atoms with Crippen molar-refractivity contribution >= 4 is 57.6 Å². The van der Waals surface area contributed by atoms with Crippen LogP contribution < -0.4 is 9.80 Å². The standard InChI is InChI=1S/C44H30F2N2S2/c1-2-28-43(47-35-19-7-11-23-39(35)49-40-24-12-8-20-36(40)47)31(29-15-3-5-17-33(29)45)27-32(30-16-4-6-18-34(30)46)44(28)48-37-21-9-13-25-41(37)50-42-26-14-10-22-38(42)48/h3-27H,2H2,1H3. The normalized spacial score (nSPS) is 12.9. The molecule has 2 heterocycles. The van der Waals surface area contributed by atoms with E-state index in [1.807, 2.05) is 30.3 Å². The van der Waals surface area contributed by atoms with Crippen LogP contribution in [0.5, 0.6) is 0 Å². The topological polar surface area (TPSA) is 6.48 Å². The minimum atomic E-state index is -0.332. The zero-order valence-electron chi connectivity index (χ0n) is 27.1. The van der Waals surface area contributed by atoms with Crippen LogP contribution in [-0.4, -0.2) is 0 Å². The lowest BCUT2D eigenvalue weighted by Crippen LogP contribution is -2.22. The van der Waals surface area contributed by atoms with E-state index in [9.17, 15) is 0 Å². The molecule has 6 heteroatoms. The summed E-state index contributed by atoms with van der Waals surface area (Å²) in [6, 6.07) is 49.4. The van der Waals surface area contributed by atoms with Crippen molar-refractivity contribution in [2.75, 3.05) is 9.80 Å². The molecule has 0 unspecified atom stereocenters. The van der Waals surface area contributed by atoms with Crippen molar-refractivity contribution in [3.8, 4) is 22.3 Å². The van der Waals surface area contributed by atoms with Gasteiger partial charge in [-0.05, 0) is 73.2 Å². The molecule has 0 aliphatic carbocycles. The summed E-state index contributed by atoms with van der Waals surface area (Å²) in [5, 5.41) is 0. The minimum Gasteiger partial charge on any atom is -0.307 e. The van der Waals surface area contributed by atoms with E-state index in [1.165, 1.54) is 12.1 Å². The van der Waals surface area contributed by atoms with Gasteiger partial charge in [0.15, 0.2) is 0 Å². The van der Waals surface area contributed by atoms with E-state index < -0.39 is 0 Å². The predicted octanol–water partition coefficient (Wildman–Crippen LogP) is 13.7. The van der Waals surface area contributed by atoms with E-state index in [1.54, 1.807) is 35.7 Å². The minimum absolute atomic E-state index is 0.332. The quantitative estimate of drug-likeness (QED) is 0.177. The highest BCUT2D eigenvalue weighted by Crippen LogP contribution is 2.60. The molecule has 7 aromatic rings. The summed E-state index contributed by atoms with van der Waals surface area (Å²) < 4.78 is 32.4. The van der Waals surface area contributed by atoms with Crippen molar-refractivity contribution in [1.29, 1.82) is 0 Å². The molecular weight excluding hydrogens is 659 g/mol. The molecule has 50 heavy (non-hydrogen) atoms. The fraction of sp³-hybridized carbons (Fsp3) is 0.0455. The van der Waals surface area contributed by atoms with Crippen molar-refractivity contribution in [2.45, 2.75) is 32.9 Å². The van der Waals surface area contributed by atoms with Crippen LogP contribution in [0.2, 0.25) is 0 Å². The number of nitrogens with zero attached hydrogens (tertiary/aromatic N) is 2. The average Bonchev–Trinajstić information content (AvgIpc) is 3.16. The predicted molar refractivity (Wildman–Crippen MR) is 204 cm³/mol. The van der Waals surface area contributed by atoms with Crippen molar-refractivity contribution in [3.05, 3.63) is 169 Å². The molecule has 0 spiro atoms. The molecule has 7 aromatic carbocycles. The van der Waals surface area contributed by atoms with Crippen molar-refractivity contribution < 1.29 is 8.78 Å². The third-order valence-corrected chi connectivity index (χ3v) is 11.6. The highest BCUT2D eigenvalue weighted by molar-refractivity contribution is 8.00. The Bertz CT molecular complexity index is 2190. The lowest BCUT2D eigenvalue weighted by atomic mass is 9.88. The van der Waals surface area contributed by atoms with Gasteiger partial charge in [0, 0.05) is 47.4 Å². The fourth-order valence-electron chi connectivity index (χ4n) is 7.23. The number of hydrogen-bond acceptors (Lipinski definition) is 4. The van der Waals surface area contributed by atoms with E-state index in [0.717, 1.165) is 59.3 Å². The summed E-state index contributed by atoms with van der Waals surface area (Å²) >= 11 is 3.47. The van der Waals surface area contributed by atoms with E-state index >= 15 is 8.78 Å². The van der Waals surface area contributed by atoms with Gasteiger partial charge < -0.3 is 9.80 Å². The smallest absolute Gasteiger partial charge is 0.131 e. The number of benzene rings is 7. The van der Waals surface area contributed by atoms with E-state index in [0.29, 0.717) is 28.7 Å². The summed E-state index contributed by atoms with van der Waals surface area (Å²) in [4.78, 5) is 9.03. The lowest BCUT2D eigenvalue weighted by molar-refractivity contribution is 0.631. The van der Waals surface area contributed by atoms with Crippen LogP contribution in [0.25, 0.3) is 22.3 Å². The SMILES string of the molecule is CCc1c(N2c3ccccc3Sc3ccccc32)c(-c2ccccc2F)cc(-c2ccccc2F)c1N1c2ccccc2Sc2ccccc21. The van der Waals surface area contributed by atoms with Crippen LogP contribution in [0.3, 0.4) is 0 Å². The number of para-hydroxylation sites is 4. The molecule has 0 radical (unpaired) electrons. The summed E-state index contributed by atoms with van der Waals surface area (Å²) in [6.07, 6.45) is 0.594. The van der Waals surface area contributed by atoms with Crippen LogP contribution >= 0.6 is 23.5 Å². The summed E-state index contributed by atoms with van der Waals surface area (Å²) in [6.45, 7) is 2.14. The molecule has 2 aliphatic rings. The number of anilines is 6. The van der Waals surface area contributed by atoms with E-state index in [2.05, 4.69) is 114 Å². The van der Waals surface area contributed by atoms with Gasteiger partial charge in [-0.25, -0.2) is 8.78 Å². The monoisotopic (exact) mass is 688 g/mol. The zero-order valence-corrected chi connectivity index (χ0v) is 28.7. The van der Waals surface area contributed by atoms with Gasteiger partial charge in [0.05, 0.1) is 34.1 Å². The molecule has 2 nitrogen and oxygen atoms in total. The van der Waals surface area contributed by atoms with Crippen LogP contribution in [0.1, 0.15) is 12.5 Å². The number of halogens is 2. The lowest BCUT2D eigenvalue weighted by Gasteiger charge is -2.40. The largest absolute Gasteiger partial charge is 0.307 e. The van der Waals surface area contributed by atoms with Crippen LogP contribution in [0, 0.1) is 11.6 Å². The highest BCUT2D eigenvalue weighted by atomic mass is 32.2. The van der Waals surface area contributed by atoms with Gasteiger partial charge in [-0.15, -0.1) is 0 Å². The molecule has 2 aliphatic heterocycles. The molecule has 0 bridgehead atoms. The van der Waals surface area contributed by atoms with Crippen molar-refractivity contribution in [3.63, 3.8) is 0 Å². The molecule has 9 rings (SSSR count). The molecule has 0 aromatic heterocycles. The maximum Gasteiger partial charge on any atom is 0.131 e. The maximum atomic E-state index is 16.2. The Morgan fingerprint density at radius 3 is 1.08 bits per heavy atom. The molecule has 0 saturated heterocycles.